The lowest BCUT2D eigenvalue weighted by Crippen LogP contribution is -2.26. The van der Waals surface area contributed by atoms with Crippen LogP contribution in [0.25, 0.3) is 0 Å². The SMILES string of the molecule is COc1ccc([N+](=O)[O-])cc1S(=O)(=O)NCCC(=O)O. The first kappa shape index (κ1) is 15.9. The van der Waals surface area contributed by atoms with Crippen LogP contribution >= 0.6 is 0 Å². The van der Waals surface area contributed by atoms with Crippen LogP contribution in [0.5, 0.6) is 5.75 Å². The van der Waals surface area contributed by atoms with Gasteiger partial charge in [0.05, 0.1) is 18.5 Å². The predicted molar refractivity (Wildman–Crippen MR) is 67.1 cm³/mol. The maximum Gasteiger partial charge on any atom is 0.304 e. The number of nitrogens with one attached hydrogen (secondary N) is 1. The second kappa shape index (κ2) is 6.30. The summed E-state index contributed by atoms with van der Waals surface area (Å²) in [7, 11) is -2.88. The molecule has 0 unspecified atom stereocenters. The van der Waals surface area contributed by atoms with Crippen LogP contribution in [0, 0.1) is 10.1 Å². The predicted octanol–water partition coefficient (Wildman–Crippen LogP) is 0.356. The standard InChI is InChI=1S/C10H12N2O7S/c1-19-8-3-2-7(12(15)16)6-9(8)20(17,18)11-5-4-10(13)14/h2-3,6,11H,4-5H2,1H3,(H,13,14). The van der Waals surface area contributed by atoms with E-state index in [0.29, 0.717) is 0 Å². The Morgan fingerprint density at radius 2 is 2.15 bits per heavy atom. The molecule has 0 saturated carbocycles. The topological polar surface area (TPSA) is 136 Å². The number of benzene rings is 1. The number of aliphatic carboxylic acids is 1. The van der Waals surface area contributed by atoms with E-state index in [1.165, 1.54) is 7.11 Å². The van der Waals surface area contributed by atoms with Gasteiger partial charge < -0.3 is 9.84 Å². The zero-order valence-electron chi connectivity index (χ0n) is 10.4. The largest absolute Gasteiger partial charge is 0.495 e. The van der Waals surface area contributed by atoms with Crippen molar-refractivity contribution in [2.45, 2.75) is 11.3 Å². The third kappa shape index (κ3) is 3.90. The van der Waals surface area contributed by atoms with Crippen molar-refractivity contribution in [2.24, 2.45) is 0 Å². The second-order valence-corrected chi connectivity index (χ2v) is 5.37. The van der Waals surface area contributed by atoms with Gasteiger partial charge in [-0.15, -0.1) is 0 Å². The molecular weight excluding hydrogens is 292 g/mol. The number of sulfonamides is 1. The molecule has 0 aliphatic rings. The Balaban J connectivity index is 3.11. The van der Waals surface area contributed by atoms with Crippen molar-refractivity contribution in [1.29, 1.82) is 0 Å². The first-order valence-corrected chi connectivity index (χ1v) is 6.80. The van der Waals surface area contributed by atoms with Crippen LogP contribution in [-0.2, 0) is 14.8 Å². The van der Waals surface area contributed by atoms with Gasteiger partial charge in [0, 0.05) is 18.7 Å². The molecule has 0 fully saturated rings. The Bertz CT molecular complexity index is 626. The van der Waals surface area contributed by atoms with E-state index in [1.807, 2.05) is 4.72 Å². The number of rotatable bonds is 7. The number of methoxy groups -OCH3 is 1. The average Bonchev–Trinajstić information content (AvgIpc) is 2.37. The first-order chi connectivity index (χ1) is 9.27. The number of carbonyl (C=O) groups is 1. The van der Waals surface area contributed by atoms with Crippen LogP contribution in [0.4, 0.5) is 5.69 Å². The van der Waals surface area contributed by atoms with Crippen molar-refractivity contribution in [3.8, 4) is 5.75 Å². The molecule has 0 saturated heterocycles. The molecule has 0 bridgehead atoms. The molecular formula is C10H12N2O7S. The highest BCUT2D eigenvalue weighted by atomic mass is 32.2. The maximum atomic E-state index is 12.0. The van der Waals surface area contributed by atoms with E-state index in [-0.39, 0.29) is 12.3 Å². The van der Waals surface area contributed by atoms with E-state index < -0.39 is 37.9 Å². The van der Waals surface area contributed by atoms with Crippen LogP contribution < -0.4 is 9.46 Å². The third-order valence-corrected chi connectivity index (χ3v) is 3.76. The van der Waals surface area contributed by atoms with Crippen molar-refractivity contribution in [3.63, 3.8) is 0 Å². The minimum absolute atomic E-state index is 0.0709. The third-order valence-electron chi connectivity index (χ3n) is 2.28. The van der Waals surface area contributed by atoms with Crippen molar-refractivity contribution in [2.75, 3.05) is 13.7 Å². The molecule has 110 valence electrons. The molecule has 0 radical (unpaired) electrons. The van der Waals surface area contributed by atoms with E-state index in [9.17, 15) is 23.3 Å². The number of non-ortho nitro benzene ring substituents is 1. The average molecular weight is 304 g/mol. The molecule has 10 heteroatoms. The van der Waals surface area contributed by atoms with Crippen LogP contribution in [-0.4, -0.2) is 38.1 Å². The summed E-state index contributed by atoms with van der Waals surface area (Å²) in [5.41, 5.74) is -0.413. The number of nitro benzene ring substituents is 1. The molecule has 0 amide bonds. The Labute approximate surface area is 114 Å². The zero-order valence-corrected chi connectivity index (χ0v) is 11.2. The van der Waals surface area contributed by atoms with Crippen LogP contribution in [0.3, 0.4) is 0 Å². The maximum absolute atomic E-state index is 12.0. The summed E-state index contributed by atoms with van der Waals surface area (Å²) in [6.07, 6.45) is -0.406. The molecule has 1 aromatic rings. The summed E-state index contributed by atoms with van der Waals surface area (Å²) in [5, 5.41) is 19.1. The molecule has 0 atom stereocenters. The molecule has 9 nitrogen and oxygen atoms in total. The molecule has 0 spiro atoms. The fourth-order valence-corrected chi connectivity index (χ4v) is 2.58. The second-order valence-electron chi connectivity index (χ2n) is 3.63. The van der Waals surface area contributed by atoms with E-state index >= 15 is 0 Å². The molecule has 0 aromatic heterocycles. The van der Waals surface area contributed by atoms with Crippen molar-refractivity contribution in [3.05, 3.63) is 28.3 Å². The van der Waals surface area contributed by atoms with Gasteiger partial charge >= 0.3 is 5.97 Å². The highest BCUT2D eigenvalue weighted by molar-refractivity contribution is 7.89. The molecule has 1 rings (SSSR count). The highest BCUT2D eigenvalue weighted by Gasteiger charge is 2.22. The van der Waals surface area contributed by atoms with E-state index in [0.717, 1.165) is 18.2 Å². The first-order valence-electron chi connectivity index (χ1n) is 5.32. The summed E-state index contributed by atoms with van der Waals surface area (Å²) in [4.78, 5) is 19.8. The van der Waals surface area contributed by atoms with E-state index in [2.05, 4.69) is 0 Å². The number of carboxylic acid groups (broad SMARTS) is 1. The molecule has 2 N–H and O–H groups in total. The Kier molecular flexibility index (Phi) is 5.00. The van der Waals surface area contributed by atoms with Gasteiger partial charge in [0.2, 0.25) is 10.0 Å². The van der Waals surface area contributed by atoms with Crippen LogP contribution in [0.2, 0.25) is 0 Å². The van der Waals surface area contributed by atoms with Crippen molar-refractivity contribution < 1.29 is 28.0 Å². The van der Waals surface area contributed by atoms with Gasteiger partial charge in [0.25, 0.3) is 5.69 Å². The smallest absolute Gasteiger partial charge is 0.304 e. The minimum Gasteiger partial charge on any atom is -0.495 e. The monoisotopic (exact) mass is 304 g/mol. The summed E-state index contributed by atoms with van der Waals surface area (Å²) in [6.45, 7) is -0.330. The lowest BCUT2D eigenvalue weighted by atomic mass is 10.3. The van der Waals surface area contributed by atoms with Crippen molar-refractivity contribution >= 4 is 21.7 Å². The number of hydrogen-bond donors (Lipinski definition) is 2. The molecule has 0 heterocycles. The van der Waals surface area contributed by atoms with Gasteiger partial charge in [-0.1, -0.05) is 0 Å². The molecule has 0 aliphatic heterocycles. The lowest BCUT2D eigenvalue weighted by molar-refractivity contribution is -0.385. The Morgan fingerprint density at radius 3 is 2.65 bits per heavy atom. The highest BCUT2D eigenvalue weighted by Crippen LogP contribution is 2.27. The van der Waals surface area contributed by atoms with Gasteiger partial charge in [-0.3, -0.25) is 14.9 Å². The molecule has 20 heavy (non-hydrogen) atoms. The van der Waals surface area contributed by atoms with Gasteiger partial charge in [-0.05, 0) is 6.07 Å². The summed E-state index contributed by atoms with van der Waals surface area (Å²) < 4.78 is 30.8. The summed E-state index contributed by atoms with van der Waals surface area (Å²) in [6, 6.07) is 3.11. The zero-order chi connectivity index (χ0) is 15.3. The van der Waals surface area contributed by atoms with E-state index in [4.69, 9.17) is 9.84 Å². The van der Waals surface area contributed by atoms with Crippen molar-refractivity contribution in [1.82, 2.24) is 4.72 Å². The summed E-state index contributed by atoms with van der Waals surface area (Å²) in [5.74, 6) is -1.24. The van der Waals surface area contributed by atoms with Gasteiger partial charge in [0.15, 0.2) is 0 Å². The molecule has 0 aliphatic carbocycles. The number of hydrogen-bond acceptors (Lipinski definition) is 6. The Hall–Kier alpha value is -2.20. The van der Waals surface area contributed by atoms with Gasteiger partial charge in [-0.2, -0.15) is 0 Å². The fraction of sp³-hybridized carbons (Fsp3) is 0.300. The van der Waals surface area contributed by atoms with Gasteiger partial charge in [-0.25, -0.2) is 13.1 Å². The Morgan fingerprint density at radius 1 is 1.50 bits per heavy atom. The number of carboxylic acids is 1. The number of nitro groups is 1. The fourth-order valence-electron chi connectivity index (χ4n) is 1.36. The van der Waals surface area contributed by atoms with E-state index in [1.54, 1.807) is 0 Å². The summed E-state index contributed by atoms with van der Waals surface area (Å²) >= 11 is 0. The van der Waals surface area contributed by atoms with Crippen LogP contribution in [0.1, 0.15) is 6.42 Å². The van der Waals surface area contributed by atoms with Crippen LogP contribution in [0.15, 0.2) is 23.1 Å². The lowest BCUT2D eigenvalue weighted by Gasteiger charge is -2.09. The minimum atomic E-state index is -4.10. The quantitative estimate of drug-likeness (QED) is 0.548. The normalized spacial score (nSPS) is 11.1. The molecule has 1 aromatic carbocycles. The number of ether oxygens (including phenoxy) is 1. The van der Waals surface area contributed by atoms with Gasteiger partial charge in [0.1, 0.15) is 10.6 Å². The number of nitrogens with zero attached hydrogens (tertiary/aromatic N) is 1.